The van der Waals surface area contributed by atoms with E-state index in [4.69, 9.17) is 28.3 Å². The van der Waals surface area contributed by atoms with Gasteiger partial charge in [-0.1, -0.05) is 35.7 Å². The van der Waals surface area contributed by atoms with E-state index in [2.05, 4.69) is 12.2 Å². The minimum absolute atomic E-state index is 0.127. The molecule has 3 atom stereocenters. The average Bonchev–Trinajstić information content (AvgIpc) is 2.42. The molecule has 0 bridgehead atoms. The first-order valence-corrected chi connectivity index (χ1v) is 7.66. The van der Waals surface area contributed by atoms with Crippen LogP contribution in [-0.2, 0) is 4.79 Å². The molecular weight excluding hydrogens is 297 g/mol. The Kier molecular flexibility index (Phi) is 5.30. The molecule has 5 heteroatoms. The van der Waals surface area contributed by atoms with Crippen LogP contribution in [0.1, 0.15) is 44.2 Å². The van der Waals surface area contributed by atoms with E-state index in [9.17, 15) is 4.79 Å². The van der Waals surface area contributed by atoms with E-state index in [0.717, 1.165) is 24.8 Å². The molecule has 0 spiro atoms. The molecule has 0 heterocycles. The highest BCUT2D eigenvalue weighted by atomic mass is 35.5. The average molecular weight is 316 g/mol. The molecule has 0 radical (unpaired) electrons. The molecule has 2 rings (SSSR count). The minimum atomic E-state index is -0.682. The molecule has 3 nitrogen and oxygen atoms in total. The molecule has 0 aliphatic heterocycles. The van der Waals surface area contributed by atoms with Gasteiger partial charge in [0.2, 0.25) is 0 Å². The number of carboxylic acid groups (broad SMARTS) is 1. The summed E-state index contributed by atoms with van der Waals surface area (Å²) in [6.45, 7) is 2.06. The van der Waals surface area contributed by atoms with Gasteiger partial charge in [0.25, 0.3) is 0 Å². The molecular formula is C15H19Cl2NO2. The van der Waals surface area contributed by atoms with Crippen molar-refractivity contribution in [1.29, 1.82) is 0 Å². The van der Waals surface area contributed by atoms with Gasteiger partial charge in [0.05, 0.1) is 16.0 Å². The normalized spacial score (nSPS) is 24.4. The van der Waals surface area contributed by atoms with Crippen LogP contribution in [-0.4, -0.2) is 17.1 Å². The van der Waals surface area contributed by atoms with Crippen LogP contribution in [0.2, 0.25) is 10.0 Å². The molecule has 0 saturated heterocycles. The Balaban J connectivity index is 1.98. The summed E-state index contributed by atoms with van der Waals surface area (Å²) in [5.74, 6) is -0.902. The Morgan fingerprint density at radius 3 is 2.75 bits per heavy atom. The first-order chi connectivity index (χ1) is 9.47. The molecule has 1 aromatic rings. The molecule has 1 aliphatic rings. The summed E-state index contributed by atoms with van der Waals surface area (Å²) in [6.07, 6.45) is 3.47. The fourth-order valence-corrected chi connectivity index (χ4v) is 3.10. The summed E-state index contributed by atoms with van der Waals surface area (Å²) < 4.78 is 0. The van der Waals surface area contributed by atoms with E-state index in [1.165, 1.54) is 0 Å². The van der Waals surface area contributed by atoms with Gasteiger partial charge in [0.15, 0.2) is 0 Å². The van der Waals surface area contributed by atoms with Crippen molar-refractivity contribution in [3.05, 3.63) is 33.8 Å². The summed E-state index contributed by atoms with van der Waals surface area (Å²) in [6, 6.07) is 5.97. The number of hydrogen-bond donors (Lipinski definition) is 2. The Hall–Kier alpha value is -0.770. The first kappa shape index (κ1) is 15.6. The highest BCUT2D eigenvalue weighted by Crippen LogP contribution is 2.29. The van der Waals surface area contributed by atoms with Crippen LogP contribution < -0.4 is 5.32 Å². The summed E-state index contributed by atoms with van der Waals surface area (Å²) in [5, 5.41) is 13.7. The van der Waals surface area contributed by atoms with Crippen LogP contribution in [0.3, 0.4) is 0 Å². The van der Waals surface area contributed by atoms with Crippen molar-refractivity contribution in [2.45, 2.75) is 44.7 Å². The van der Waals surface area contributed by atoms with E-state index >= 15 is 0 Å². The van der Waals surface area contributed by atoms with Crippen molar-refractivity contribution in [2.75, 3.05) is 0 Å². The van der Waals surface area contributed by atoms with Crippen molar-refractivity contribution in [3.63, 3.8) is 0 Å². The van der Waals surface area contributed by atoms with Gasteiger partial charge in [-0.3, -0.25) is 4.79 Å². The molecule has 1 fully saturated rings. The second-order valence-corrected chi connectivity index (χ2v) is 6.27. The molecule has 3 unspecified atom stereocenters. The standard InChI is InChI=1S/C15H19Cl2NO2/c1-9(10-5-6-13(16)14(17)8-10)18-12-4-2-3-11(7-12)15(19)20/h5-6,8-9,11-12,18H,2-4,7H2,1H3,(H,19,20). The van der Waals surface area contributed by atoms with Gasteiger partial charge in [0.1, 0.15) is 0 Å². The zero-order valence-electron chi connectivity index (χ0n) is 11.4. The molecule has 0 amide bonds. The monoisotopic (exact) mass is 315 g/mol. The molecule has 2 N–H and O–H groups in total. The summed E-state index contributed by atoms with van der Waals surface area (Å²) >= 11 is 11.9. The molecule has 20 heavy (non-hydrogen) atoms. The number of nitrogens with one attached hydrogen (secondary N) is 1. The van der Waals surface area contributed by atoms with E-state index in [1.807, 2.05) is 12.1 Å². The number of carbonyl (C=O) groups is 1. The number of benzene rings is 1. The van der Waals surface area contributed by atoms with Gasteiger partial charge in [-0.25, -0.2) is 0 Å². The van der Waals surface area contributed by atoms with E-state index < -0.39 is 5.97 Å². The van der Waals surface area contributed by atoms with Crippen LogP contribution in [0.5, 0.6) is 0 Å². The van der Waals surface area contributed by atoms with Crippen molar-refractivity contribution in [1.82, 2.24) is 5.32 Å². The van der Waals surface area contributed by atoms with Crippen molar-refractivity contribution < 1.29 is 9.90 Å². The number of aliphatic carboxylic acids is 1. The van der Waals surface area contributed by atoms with Crippen molar-refractivity contribution in [2.24, 2.45) is 5.92 Å². The van der Waals surface area contributed by atoms with Gasteiger partial charge in [-0.15, -0.1) is 0 Å². The quantitative estimate of drug-likeness (QED) is 0.871. The van der Waals surface area contributed by atoms with E-state index in [1.54, 1.807) is 6.07 Å². The second kappa shape index (κ2) is 6.79. The lowest BCUT2D eigenvalue weighted by Crippen LogP contribution is -2.37. The third-order valence-corrected chi connectivity index (χ3v) is 4.69. The Morgan fingerprint density at radius 1 is 1.35 bits per heavy atom. The maximum Gasteiger partial charge on any atom is 0.306 e. The molecule has 1 saturated carbocycles. The maximum absolute atomic E-state index is 11.1. The molecule has 110 valence electrons. The first-order valence-electron chi connectivity index (χ1n) is 6.91. The minimum Gasteiger partial charge on any atom is -0.481 e. The SMILES string of the molecule is CC(NC1CCCC(C(=O)O)C1)c1ccc(Cl)c(Cl)c1. The largest absolute Gasteiger partial charge is 0.481 e. The highest BCUT2D eigenvalue weighted by Gasteiger charge is 2.27. The van der Waals surface area contributed by atoms with Crippen LogP contribution in [0.25, 0.3) is 0 Å². The molecule has 1 aromatic carbocycles. The van der Waals surface area contributed by atoms with Crippen molar-refractivity contribution in [3.8, 4) is 0 Å². The van der Waals surface area contributed by atoms with Crippen LogP contribution in [0.4, 0.5) is 0 Å². The van der Waals surface area contributed by atoms with E-state index in [0.29, 0.717) is 16.5 Å². The molecule has 0 aromatic heterocycles. The van der Waals surface area contributed by atoms with Gasteiger partial charge < -0.3 is 10.4 Å². The number of rotatable bonds is 4. The summed E-state index contributed by atoms with van der Waals surface area (Å²) in [7, 11) is 0. The number of hydrogen-bond acceptors (Lipinski definition) is 2. The lowest BCUT2D eigenvalue weighted by atomic mass is 9.85. The fourth-order valence-electron chi connectivity index (χ4n) is 2.80. The van der Waals surface area contributed by atoms with Crippen molar-refractivity contribution >= 4 is 29.2 Å². The third kappa shape index (κ3) is 3.87. The number of halogens is 2. The van der Waals surface area contributed by atoms with Crippen LogP contribution in [0.15, 0.2) is 18.2 Å². The predicted octanol–water partition coefficient (Wildman–Crippen LogP) is 4.29. The zero-order valence-corrected chi connectivity index (χ0v) is 12.9. The molecule has 1 aliphatic carbocycles. The summed E-state index contributed by atoms with van der Waals surface area (Å²) in [5.41, 5.74) is 1.07. The topological polar surface area (TPSA) is 49.3 Å². The fraction of sp³-hybridized carbons (Fsp3) is 0.533. The van der Waals surface area contributed by atoms with Gasteiger partial charge in [-0.2, -0.15) is 0 Å². The Labute approximate surface area is 129 Å². The Bertz CT molecular complexity index is 493. The lowest BCUT2D eigenvalue weighted by Gasteiger charge is -2.30. The number of carboxylic acids is 1. The Morgan fingerprint density at radius 2 is 2.10 bits per heavy atom. The van der Waals surface area contributed by atoms with Gasteiger partial charge >= 0.3 is 5.97 Å². The van der Waals surface area contributed by atoms with Crippen LogP contribution in [0, 0.1) is 5.92 Å². The summed E-state index contributed by atoms with van der Waals surface area (Å²) in [4.78, 5) is 11.1. The predicted molar refractivity (Wildman–Crippen MR) is 81.4 cm³/mol. The smallest absolute Gasteiger partial charge is 0.306 e. The third-order valence-electron chi connectivity index (χ3n) is 3.95. The zero-order chi connectivity index (χ0) is 14.7. The highest BCUT2D eigenvalue weighted by molar-refractivity contribution is 6.42. The van der Waals surface area contributed by atoms with Gasteiger partial charge in [0, 0.05) is 12.1 Å². The maximum atomic E-state index is 11.1. The lowest BCUT2D eigenvalue weighted by molar-refractivity contribution is -0.143. The second-order valence-electron chi connectivity index (χ2n) is 5.46. The van der Waals surface area contributed by atoms with Crippen LogP contribution >= 0.6 is 23.2 Å². The van der Waals surface area contributed by atoms with Gasteiger partial charge in [-0.05, 0) is 43.9 Å². The van der Waals surface area contributed by atoms with E-state index in [-0.39, 0.29) is 18.0 Å².